The third kappa shape index (κ3) is 4.95. The van der Waals surface area contributed by atoms with E-state index in [0.717, 1.165) is 29.3 Å². The Kier molecular flexibility index (Phi) is 6.71. The highest BCUT2D eigenvalue weighted by Gasteiger charge is 2.42. The van der Waals surface area contributed by atoms with Crippen molar-refractivity contribution in [2.45, 2.75) is 25.8 Å². The third-order valence-electron chi connectivity index (χ3n) is 6.23. The van der Waals surface area contributed by atoms with Gasteiger partial charge >= 0.3 is 0 Å². The maximum atomic E-state index is 13.5. The number of fused-ring (bicyclic) bond motifs is 1. The number of thiocarbonyl (C=S) groups is 1. The number of carbonyl (C=O) groups is 1. The Labute approximate surface area is 218 Å². The van der Waals surface area contributed by atoms with Gasteiger partial charge in [-0.3, -0.25) is 18.9 Å². The monoisotopic (exact) mass is 540 g/mol. The number of nitrogens with zero attached hydrogens (tertiary/aromatic N) is 3. The molecule has 1 N–H and O–H groups in total. The lowest BCUT2D eigenvalue weighted by Gasteiger charge is -2.20. The van der Waals surface area contributed by atoms with Crippen molar-refractivity contribution in [2.24, 2.45) is 0 Å². The van der Waals surface area contributed by atoms with Gasteiger partial charge in [0.25, 0.3) is 11.5 Å². The number of anilines is 1. The summed E-state index contributed by atoms with van der Waals surface area (Å²) in [5, 5.41) is 3.27. The topological polar surface area (TPSA) is 101 Å². The predicted molar refractivity (Wildman–Crippen MR) is 147 cm³/mol. The molecule has 4 heterocycles. The number of carbonyl (C=O) groups excluding carboxylic acids is 1. The van der Waals surface area contributed by atoms with Gasteiger partial charge in [-0.25, -0.2) is 13.4 Å². The number of amides is 1. The molecule has 0 spiro atoms. The molecule has 2 aliphatic rings. The molecule has 2 aromatic heterocycles. The van der Waals surface area contributed by atoms with Crippen LogP contribution >= 0.6 is 24.0 Å². The Bertz CT molecular complexity index is 1570. The lowest BCUT2D eigenvalue weighted by molar-refractivity contribution is -0.123. The molecule has 2 saturated heterocycles. The molecule has 8 nitrogen and oxygen atoms in total. The minimum atomic E-state index is -3.19. The molecule has 2 fully saturated rings. The Balaban J connectivity index is 1.50. The third-order valence-corrected chi connectivity index (χ3v) is 9.31. The van der Waals surface area contributed by atoms with Crippen LogP contribution in [-0.2, 0) is 21.1 Å². The number of rotatable bonds is 6. The first-order chi connectivity index (χ1) is 17.2. The average Bonchev–Trinajstić information content (AvgIpc) is 3.34. The zero-order chi connectivity index (χ0) is 25.4. The Morgan fingerprint density at radius 3 is 2.69 bits per heavy atom. The van der Waals surface area contributed by atoms with E-state index >= 15 is 0 Å². The molecule has 11 heteroatoms. The van der Waals surface area contributed by atoms with Crippen molar-refractivity contribution >= 4 is 61.6 Å². The maximum Gasteiger partial charge on any atom is 0.267 e. The molecule has 3 aromatic rings. The second-order valence-electron chi connectivity index (χ2n) is 8.88. The van der Waals surface area contributed by atoms with Gasteiger partial charge in [0.2, 0.25) is 0 Å². The van der Waals surface area contributed by atoms with Gasteiger partial charge in [-0.05, 0) is 43.0 Å². The van der Waals surface area contributed by atoms with Crippen molar-refractivity contribution in [2.75, 3.05) is 23.4 Å². The van der Waals surface area contributed by atoms with Gasteiger partial charge in [-0.1, -0.05) is 60.4 Å². The van der Waals surface area contributed by atoms with Crippen LogP contribution in [0.4, 0.5) is 5.82 Å². The Morgan fingerprint density at radius 1 is 1.19 bits per heavy atom. The summed E-state index contributed by atoms with van der Waals surface area (Å²) >= 11 is 6.50. The minimum Gasteiger partial charge on any atom is -0.369 e. The molecule has 1 unspecified atom stereocenters. The van der Waals surface area contributed by atoms with E-state index in [2.05, 4.69) is 10.3 Å². The fourth-order valence-electron chi connectivity index (χ4n) is 4.40. The van der Waals surface area contributed by atoms with E-state index in [0.29, 0.717) is 28.8 Å². The zero-order valence-electron chi connectivity index (χ0n) is 19.5. The lowest BCUT2D eigenvalue weighted by Crippen LogP contribution is -2.39. The highest BCUT2D eigenvalue weighted by atomic mass is 32.2. The highest BCUT2D eigenvalue weighted by molar-refractivity contribution is 8.26. The van der Waals surface area contributed by atoms with E-state index < -0.39 is 15.9 Å². The molecule has 0 radical (unpaired) electrons. The predicted octanol–water partition coefficient (Wildman–Crippen LogP) is 3.05. The Morgan fingerprint density at radius 2 is 1.97 bits per heavy atom. The number of nitrogens with one attached hydrogen (secondary N) is 1. The second-order valence-corrected chi connectivity index (χ2v) is 12.8. The van der Waals surface area contributed by atoms with Gasteiger partial charge in [0, 0.05) is 12.7 Å². The van der Waals surface area contributed by atoms with Crippen LogP contribution in [0.1, 0.15) is 23.1 Å². The fourth-order valence-corrected chi connectivity index (χ4v) is 7.48. The van der Waals surface area contributed by atoms with Crippen molar-refractivity contribution in [3.05, 3.63) is 80.6 Å². The first-order valence-corrected chi connectivity index (χ1v) is 14.5. The smallest absolute Gasteiger partial charge is 0.267 e. The van der Waals surface area contributed by atoms with E-state index in [1.807, 2.05) is 43.3 Å². The van der Waals surface area contributed by atoms with Crippen LogP contribution < -0.4 is 10.9 Å². The maximum absolute atomic E-state index is 13.5. The first kappa shape index (κ1) is 24.7. The molecule has 1 atom stereocenters. The lowest BCUT2D eigenvalue weighted by atomic mass is 10.1. The molecule has 0 aliphatic carbocycles. The summed E-state index contributed by atoms with van der Waals surface area (Å²) in [6, 6.07) is 13.2. The van der Waals surface area contributed by atoms with Gasteiger partial charge < -0.3 is 5.32 Å². The van der Waals surface area contributed by atoms with Gasteiger partial charge in [0.05, 0.1) is 28.0 Å². The molecule has 0 saturated carbocycles. The van der Waals surface area contributed by atoms with Gasteiger partial charge in [0.1, 0.15) is 15.8 Å². The van der Waals surface area contributed by atoms with E-state index in [1.54, 1.807) is 12.3 Å². The van der Waals surface area contributed by atoms with Crippen LogP contribution in [0.2, 0.25) is 0 Å². The molecular weight excluding hydrogens is 517 g/mol. The fraction of sp³-hybridized carbons (Fsp3) is 0.280. The molecule has 36 heavy (non-hydrogen) atoms. The number of sulfone groups is 1. The van der Waals surface area contributed by atoms with Crippen molar-refractivity contribution in [3.63, 3.8) is 0 Å². The van der Waals surface area contributed by atoms with Crippen molar-refractivity contribution < 1.29 is 13.2 Å². The van der Waals surface area contributed by atoms with E-state index in [4.69, 9.17) is 12.2 Å². The minimum absolute atomic E-state index is 0.0402. The first-order valence-electron chi connectivity index (χ1n) is 11.5. The van der Waals surface area contributed by atoms with Crippen LogP contribution in [0.5, 0.6) is 0 Å². The van der Waals surface area contributed by atoms with E-state index in [-0.39, 0.29) is 33.4 Å². The largest absolute Gasteiger partial charge is 0.369 e. The number of aromatic nitrogens is 2. The summed E-state index contributed by atoms with van der Waals surface area (Å²) in [6.07, 6.45) is 4.32. The number of pyridine rings is 1. The van der Waals surface area contributed by atoms with E-state index in [1.165, 1.54) is 15.4 Å². The molecule has 0 bridgehead atoms. The summed E-state index contributed by atoms with van der Waals surface area (Å²) in [6.45, 7) is 2.43. The quantitative estimate of drug-likeness (QED) is 0.376. The normalized spacial score (nSPS) is 20.5. The molecular formula is C25H24N4O4S3. The summed E-state index contributed by atoms with van der Waals surface area (Å²) in [5.41, 5.74) is 2.49. The molecule has 5 rings (SSSR count). The number of aryl methyl sites for hydroxylation is 1. The van der Waals surface area contributed by atoms with Gasteiger partial charge in [0.15, 0.2) is 9.84 Å². The van der Waals surface area contributed by atoms with Gasteiger partial charge in [-0.15, -0.1) is 0 Å². The number of thioether (sulfide) groups is 1. The SMILES string of the molecule is Cc1ccc2nc(NCCc3ccccc3)c(/C=C3/SC(=S)N(C4CCS(=O)(=O)C4)C3=O)c(=O)n2c1. The average molecular weight is 541 g/mol. The van der Waals surface area contributed by atoms with Crippen molar-refractivity contribution in [1.29, 1.82) is 0 Å². The summed E-state index contributed by atoms with van der Waals surface area (Å²) in [7, 11) is -3.19. The van der Waals surface area contributed by atoms with Crippen molar-refractivity contribution in [1.82, 2.24) is 14.3 Å². The number of hydrogen-bond donors (Lipinski definition) is 1. The zero-order valence-corrected chi connectivity index (χ0v) is 22.0. The standard InChI is InChI=1S/C25H24N4O4S3/c1-16-7-8-21-27-22(26-11-9-17-5-3-2-4-6-17)19(23(30)28(21)14-16)13-20-24(31)29(25(34)35-20)18-10-12-36(32,33)15-18/h2-8,13-14,18,26H,9-12,15H2,1H3/b20-13+. The molecule has 1 aromatic carbocycles. The summed E-state index contributed by atoms with van der Waals surface area (Å²) < 4.78 is 25.7. The van der Waals surface area contributed by atoms with Crippen molar-refractivity contribution in [3.8, 4) is 0 Å². The van der Waals surface area contributed by atoms with Crippen LogP contribution in [-0.4, -0.2) is 57.0 Å². The summed E-state index contributed by atoms with van der Waals surface area (Å²) in [5.74, 6) is -0.0543. The van der Waals surface area contributed by atoms with Gasteiger partial charge in [-0.2, -0.15) is 0 Å². The molecule has 1 amide bonds. The number of hydrogen-bond acceptors (Lipinski definition) is 8. The molecule has 2 aliphatic heterocycles. The molecule has 186 valence electrons. The van der Waals surface area contributed by atoms with E-state index in [9.17, 15) is 18.0 Å². The highest BCUT2D eigenvalue weighted by Crippen LogP contribution is 2.36. The van der Waals surface area contributed by atoms with Crippen LogP contribution in [0.15, 0.2) is 58.4 Å². The second kappa shape index (κ2) is 9.79. The summed E-state index contributed by atoms with van der Waals surface area (Å²) in [4.78, 5) is 33.1. The van der Waals surface area contributed by atoms with Crippen LogP contribution in [0.25, 0.3) is 11.7 Å². The van der Waals surface area contributed by atoms with Crippen LogP contribution in [0.3, 0.4) is 0 Å². The number of benzene rings is 1. The van der Waals surface area contributed by atoms with Crippen LogP contribution in [0, 0.1) is 6.92 Å². The Hall–Kier alpha value is -3.02.